The first kappa shape index (κ1) is 16.5. The molecule has 2 amide bonds. The highest BCUT2D eigenvalue weighted by molar-refractivity contribution is 6.30. The van der Waals surface area contributed by atoms with Gasteiger partial charge in [0.15, 0.2) is 0 Å². The zero-order chi connectivity index (χ0) is 16.1. The third-order valence-electron chi connectivity index (χ3n) is 3.66. The number of hydrogen-bond donors (Lipinski definition) is 1. The average Bonchev–Trinajstić information content (AvgIpc) is 2.49. The maximum atomic E-state index is 13.0. The molecule has 0 saturated carbocycles. The first-order valence-electron chi connectivity index (χ1n) is 7.15. The standard InChI is InChI=1S/C16H18ClFN2O2/c1-11(21)20-8-6-13(7-9-20)19-16(22)5-3-12-2-4-15(18)14(17)10-12/h2-5,10,13H,6-9H2,1H3,(H,19,22)/b5-3-. The lowest BCUT2D eigenvalue weighted by Crippen LogP contribution is -2.45. The van der Waals surface area contributed by atoms with Crippen LogP contribution in [-0.2, 0) is 9.59 Å². The molecule has 1 aliphatic heterocycles. The van der Waals surface area contributed by atoms with Crippen molar-refractivity contribution < 1.29 is 14.0 Å². The number of likely N-dealkylation sites (tertiary alicyclic amines) is 1. The molecule has 0 aromatic heterocycles. The minimum absolute atomic E-state index is 0.0270. The van der Waals surface area contributed by atoms with Crippen molar-refractivity contribution in [1.29, 1.82) is 0 Å². The Hall–Kier alpha value is -1.88. The second-order valence-electron chi connectivity index (χ2n) is 5.30. The first-order chi connectivity index (χ1) is 10.5. The molecular formula is C16H18ClFN2O2. The molecule has 1 fully saturated rings. The lowest BCUT2D eigenvalue weighted by Gasteiger charge is -2.31. The summed E-state index contributed by atoms with van der Waals surface area (Å²) in [6.45, 7) is 2.88. The number of hydrogen-bond acceptors (Lipinski definition) is 2. The summed E-state index contributed by atoms with van der Waals surface area (Å²) in [5.41, 5.74) is 0.660. The van der Waals surface area contributed by atoms with Crippen LogP contribution in [0.2, 0.25) is 5.02 Å². The summed E-state index contributed by atoms with van der Waals surface area (Å²) in [6, 6.07) is 4.35. The van der Waals surface area contributed by atoms with Gasteiger partial charge in [-0.15, -0.1) is 0 Å². The van der Waals surface area contributed by atoms with Gasteiger partial charge in [-0.2, -0.15) is 0 Å². The van der Waals surface area contributed by atoms with Crippen LogP contribution in [0, 0.1) is 5.82 Å². The second kappa shape index (κ2) is 7.40. The normalized spacial score (nSPS) is 16.0. The van der Waals surface area contributed by atoms with Gasteiger partial charge in [-0.25, -0.2) is 4.39 Å². The van der Waals surface area contributed by atoms with Crippen LogP contribution >= 0.6 is 11.6 Å². The molecule has 1 aromatic carbocycles. The molecule has 0 radical (unpaired) electrons. The average molecular weight is 325 g/mol. The Labute approximate surface area is 133 Å². The highest BCUT2D eigenvalue weighted by Crippen LogP contribution is 2.17. The fraction of sp³-hybridized carbons (Fsp3) is 0.375. The molecule has 1 aromatic rings. The molecule has 0 unspecified atom stereocenters. The van der Waals surface area contributed by atoms with Crippen LogP contribution in [-0.4, -0.2) is 35.8 Å². The highest BCUT2D eigenvalue weighted by Gasteiger charge is 2.21. The summed E-state index contributed by atoms with van der Waals surface area (Å²) in [4.78, 5) is 24.9. The number of nitrogens with zero attached hydrogens (tertiary/aromatic N) is 1. The molecule has 1 aliphatic rings. The van der Waals surface area contributed by atoms with Crippen molar-refractivity contribution >= 4 is 29.5 Å². The molecule has 1 N–H and O–H groups in total. The summed E-state index contributed by atoms with van der Waals surface area (Å²) < 4.78 is 13.0. The van der Waals surface area contributed by atoms with Gasteiger partial charge >= 0.3 is 0 Å². The van der Waals surface area contributed by atoms with Crippen LogP contribution in [0.15, 0.2) is 24.3 Å². The van der Waals surface area contributed by atoms with Crippen molar-refractivity contribution in [2.24, 2.45) is 0 Å². The lowest BCUT2D eigenvalue weighted by molar-refractivity contribution is -0.129. The summed E-state index contributed by atoms with van der Waals surface area (Å²) in [5.74, 6) is -0.625. The predicted molar refractivity (Wildman–Crippen MR) is 83.9 cm³/mol. The number of nitrogens with one attached hydrogen (secondary N) is 1. The van der Waals surface area contributed by atoms with E-state index in [-0.39, 0.29) is 22.9 Å². The minimum atomic E-state index is -0.486. The lowest BCUT2D eigenvalue weighted by atomic mass is 10.0. The van der Waals surface area contributed by atoms with Gasteiger partial charge in [-0.1, -0.05) is 17.7 Å². The topological polar surface area (TPSA) is 49.4 Å². The largest absolute Gasteiger partial charge is 0.350 e. The van der Waals surface area contributed by atoms with Crippen molar-refractivity contribution in [2.75, 3.05) is 13.1 Å². The van der Waals surface area contributed by atoms with Gasteiger partial charge in [0.2, 0.25) is 11.8 Å². The van der Waals surface area contributed by atoms with Crippen LogP contribution in [0.1, 0.15) is 25.3 Å². The quantitative estimate of drug-likeness (QED) is 0.869. The molecule has 118 valence electrons. The molecule has 2 rings (SSSR count). The zero-order valence-electron chi connectivity index (χ0n) is 12.3. The first-order valence-corrected chi connectivity index (χ1v) is 7.52. The summed E-state index contributed by atoms with van der Waals surface area (Å²) >= 11 is 5.68. The summed E-state index contributed by atoms with van der Waals surface area (Å²) in [7, 11) is 0. The molecule has 1 heterocycles. The van der Waals surface area contributed by atoms with Crippen molar-refractivity contribution in [3.63, 3.8) is 0 Å². The van der Waals surface area contributed by atoms with Gasteiger partial charge in [-0.05, 0) is 36.6 Å². The molecule has 0 spiro atoms. The zero-order valence-corrected chi connectivity index (χ0v) is 13.1. The van der Waals surface area contributed by atoms with Crippen LogP contribution < -0.4 is 5.32 Å². The highest BCUT2D eigenvalue weighted by atomic mass is 35.5. The van der Waals surface area contributed by atoms with Crippen molar-refractivity contribution in [2.45, 2.75) is 25.8 Å². The number of benzene rings is 1. The number of halogens is 2. The van der Waals surface area contributed by atoms with Gasteiger partial charge in [-0.3, -0.25) is 9.59 Å². The molecule has 4 nitrogen and oxygen atoms in total. The van der Waals surface area contributed by atoms with Gasteiger partial charge in [0.25, 0.3) is 0 Å². The SMILES string of the molecule is CC(=O)N1CCC(NC(=O)/C=C\c2ccc(F)c(Cl)c2)CC1. The monoisotopic (exact) mass is 324 g/mol. The molecule has 6 heteroatoms. The van der Waals surface area contributed by atoms with Crippen molar-refractivity contribution in [1.82, 2.24) is 10.2 Å². The van der Waals surface area contributed by atoms with E-state index in [0.29, 0.717) is 18.7 Å². The Morgan fingerprint density at radius 2 is 2.05 bits per heavy atom. The fourth-order valence-corrected chi connectivity index (χ4v) is 2.56. The van der Waals surface area contributed by atoms with Gasteiger partial charge in [0.05, 0.1) is 5.02 Å². The Balaban J connectivity index is 1.84. The van der Waals surface area contributed by atoms with E-state index in [4.69, 9.17) is 11.6 Å². The molecule has 0 bridgehead atoms. The summed E-state index contributed by atoms with van der Waals surface area (Å²) in [6.07, 6.45) is 4.50. The van der Waals surface area contributed by atoms with Crippen LogP contribution in [0.25, 0.3) is 6.08 Å². The number of carbonyl (C=O) groups excluding carboxylic acids is 2. The van der Waals surface area contributed by atoms with Crippen LogP contribution in [0.4, 0.5) is 4.39 Å². The van der Waals surface area contributed by atoms with Gasteiger partial charge in [0.1, 0.15) is 5.82 Å². The third-order valence-corrected chi connectivity index (χ3v) is 3.95. The molecule has 0 aliphatic carbocycles. The third kappa shape index (κ3) is 4.56. The van der Waals surface area contributed by atoms with E-state index in [1.165, 1.54) is 18.2 Å². The smallest absolute Gasteiger partial charge is 0.244 e. The van der Waals surface area contributed by atoms with Crippen molar-refractivity contribution in [3.8, 4) is 0 Å². The minimum Gasteiger partial charge on any atom is -0.350 e. The van der Waals surface area contributed by atoms with Gasteiger partial charge < -0.3 is 10.2 Å². The molecule has 1 saturated heterocycles. The van der Waals surface area contributed by atoms with Gasteiger partial charge in [0, 0.05) is 32.1 Å². The molecule has 22 heavy (non-hydrogen) atoms. The number of rotatable bonds is 3. The van der Waals surface area contributed by atoms with Crippen molar-refractivity contribution in [3.05, 3.63) is 40.7 Å². The van der Waals surface area contributed by atoms with E-state index in [9.17, 15) is 14.0 Å². The number of carbonyl (C=O) groups is 2. The Morgan fingerprint density at radius 3 is 2.64 bits per heavy atom. The molecular weight excluding hydrogens is 307 g/mol. The Bertz CT molecular complexity index is 596. The van der Waals surface area contributed by atoms with E-state index < -0.39 is 5.82 Å². The number of amides is 2. The second-order valence-corrected chi connectivity index (χ2v) is 5.70. The Morgan fingerprint density at radius 1 is 1.36 bits per heavy atom. The van der Waals surface area contributed by atoms with E-state index in [0.717, 1.165) is 12.8 Å². The Kier molecular flexibility index (Phi) is 5.55. The van der Waals surface area contributed by atoms with E-state index in [1.807, 2.05) is 0 Å². The van der Waals surface area contributed by atoms with E-state index >= 15 is 0 Å². The van der Waals surface area contributed by atoms with Crippen LogP contribution in [0.5, 0.6) is 0 Å². The summed E-state index contributed by atoms with van der Waals surface area (Å²) in [5, 5.41) is 2.93. The fourth-order valence-electron chi connectivity index (χ4n) is 2.38. The van der Waals surface area contributed by atoms with Crippen LogP contribution in [0.3, 0.4) is 0 Å². The number of piperidine rings is 1. The van der Waals surface area contributed by atoms with E-state index in [1.54, 1.807) is 24.0 Å². The maximum Gasteiger partial charge on any atom is 0.244 e. The predicted octanol–water partition coefficient (Wildman–Crippen LogP) is 2.62. The molecule has 0 atom stereocenters. The maximum absolute atomic E-state index is 13.0. The van der Waals surface area contributed by atoms with E-state index in [2.05, 4.69) is 5.32 Å².